The number of nitrogens with zero attached hydrogens (tertiary/aromatic N) is 3. The van der Waals surface area contributed by atoms with Crippen molar-refractivity contribution in [3.63, 3.8) is 0 Å². The molecule has 8 heteroatoms. The number of carbonyl (C=O) groups is 1. The van der Waals surface area contributed by atoms with Crippen LogP contribution in [-0.4, -0.2) is 20.9 Å². The van der Waals surface area contributed by atoms with E-state index in [0.717, 1.165) is 0 Å². The van der Waals surface area contributed by atoms with Crippen LogP contribution in [0.25, 0.3) is 6.08 Å². The minimum Gasteiger partial charge on any atom is -0.477 e. The van der Waals surface area contributed by atoms with Crippen molar-refractivity contribution in [2.24, 2.45) is 0 Å². The second-order valence-corrected chi connectivity index (χ2v) is 5.80. The Morgan fingerprint density at radius 3 is 2.52 bits per heavy atom. The van der Waals surface area contributed by atoms with E-state index in [2.05, 4.69) is 5.10 Å². The molecule has 0 aliphatic rings. The van der Waals surface area contributed by atoms with E-state index in [1.165, 1.54) is 10.8 Å². The SMILES string of the molecule is Cc1nn(Cc2c(Cl)cccc2Cl)c(Cl)c1C=C(C#N)C(=O)O. The summed E-state index contributed by atoms with van der Waals surface area (Å²) in [6, 6.07) is 6.73. The topological polar surface area (TPSA) is 78.9 Å². The lowest BCUT2D eigenvalue weighted by atomic mass is 10.1. The van der Waals surface area contributed by atoms with Crippen LogP contribution in [0.15, 0.2) is 23.8 Å². The van der Waals surface area contributed by atoms with Crippen molar-refractivity contribution in [1.29, 1.82) is 5.26 Å². The number of aliphatic carboxylic acids is 1. The first kappa shape index (κ1) is 17.4. The second-order valence-electron chi connectivity index (χ2n) is 4.62. The van der Waals surface area contributed by atoms with E-state index in [9.17, 15) is 4.79 Å². The maximum Gasteiger partial charge on any atom is 0.346 e. The van der Waals surface area contributed by atoms with Gasteiger partial charge < -0.3 is 5.11 Å². The predicted molar refractivity (Wildman–Crippen MR) is 88.8 cm³/mol. The number of benzene rings is 1. The molecule has 0 unspecified atom stereocenters. The lowest BCUT2D eigenvalue weighted by molar-refractivity contribution is -0.132. The van der Waals surface area contributed by atoms with Crippen LogP contribution in [0, 0.1) is 18.3 Å². The quantitative estimate of drug-likeness (QED) is 0.646. The van der Waals surface area contributed by atoms with Crippen molar-refractivity contribution in [2.45, 2.75) is 13.5 Å². The van der Waals surface area contributed by atoms with Crippen LogP contribution in [0.5, 0.6) is 0 Å². The molecule has 118 valence electrons. The van der Waals surface area contributed by atoms with E-state index >= 15 is 0 Å². The van der Waals surface area contributed by atoms with Gasteiger partial charge in [0.25, 0.3) is 0 Å². The summed E-state index contributed by atoms with van der Waals surface area (Å²) in [5.41, 5.74) is 1.08. The Kier molecular flexibility index (Phi) is 5.32. The molecule has 0 radical (unpaired) electrons. The van der Waals surface area contributed by atoms with Crippen molar-refractivity contribution in [2.75, 3.05) is 0 Å². The Hall–Kier alpha value is -2.00. The molecule has 1 heterocycles. The molecule has 0 fully saturated rings. The number of carboxylic acids is 1. The van der Waals surface area contributed by atoms with Crippen LogP contribution in [0.2, 0.25) is 15.2 Å². The highest BCUT2D eigenvalue weighted by molar-refractivity contribution is 6.36. The van der Waals surface area contributed by atoms with E-state index in [0.29, 0.717) is 26.9 Å². The molecule has 0 atom stereocenters. The predicted octanol–water partition coefficient (Wildman–Crippen LogP) is 4.19. The number of aryl methyl sites for hydroxylation is 1. The van der Waals surface area contributed by atoms with E-state index in [-0.39, 0.29) is 11.7 Å². The molecule has 0 bridgehead atoms. The minimum atomic E-state index is -1.33. The lowest BCUT2D eigenvalue weighted by Gasteiger charge is -2.08. The second kappa shape index (κ2) is 7.05. The molecule has 0 saturated heterocycles. The molecule has 1 N–H and O–H groups in total. The minimum absolute atomic E-state index is 0.201. The van der Waals surface area contributed by atoms with Crippen molar-refractivity contribution in [1.82, 2.24) is 9.78 Å². The standard InChI is InChI=1S/C15H10Cl3N3O2/c1-8-10(5-9(6-19)15(22)23)14(18)21(20-8)7-11-12(16)3-2-4-13(11)17/h2-5H,7H2,1H3,(H,22,23). The van der Waals surface area contributed by atoms with Gasteiger partial charge in [-0.3, -0.25) is 0 Å². The zero-order valence-corrected chi connectivity index (χ0v) is 14.1. The Balaban J connectivity index is 2.47. The van der Waals surface area contributed by atoms with Crippen molar-refractivity contribution in [3.05, 3.63) is 55.8 Å². The van der Waals surface area contributed by atoms with E-state index in [4.69, 9.17) is 45.2 Å². The Bertz CT molecular complexity index is 830. The third-order valence-corrected chi connectivity index (χ3v) is 4.23. The summed E-state index contributed by atoms with van der Waals surface area (Å²) in [4.78, 5) is 10.9. The summed E-state index contributed by atoms with van der Waals surface area (Å²) < 4.78 is 1.45. The highest BCUT2D eigenvalue weighted by atomic mass is 35.5. The molecule has 0 aliphatic carbocycles. The van der Waals surface area contributed by atoms with E-state index in [1.807, 2.05) is 0 Å². The summed E-state index contributed by atoms with van der Waals surface area (Å²) in [5, 5.41) is 23.2. The molecule has 23 heavy (non-hydrogen) atoms. The van der Waals surface area contributed by atoms with Crippen LogP contribution in [-0.2, 0) is 11.3 Å². The van der Waals surface area contributed by atoms with Gasteiger partial charge in [0.1, 0.15) is 16.8 Å². The number of carboxylic acid groups (broad SMARTS) is 1. The first-order valence-electron chi connectivity index (χ1n) is 6.36. The monoisotopic (exact) mass is 369 g/mol. The van der Waals surface area contributed by atoms with Gasteiger partial charge in [0.15, 0.2) is 0 Å². The van der Waals surface area contributed by atoms with E-state index in [1.54, 1.807) is 31.2 Å². The summed E-state index contributed by atoms with van der Waals surface area (Å²) in [6.45, 7) is 1.89. The average molecular weight is 371 g/mol. The molecule has 1 aromatic heterocycles. The van der Waals surface area contributed by atoms with Gasteiger partial charge in [-0.1, -0.05) is 40.9 Å². The Morgan fingerprint density at radius 2 is 2.00 bits per heavy atom. The van der Waals surface area contributed by atoms with E-state index < -0.39 is 11.5 Å². The fourth-order valence-corrected chi connectivity index (χ4v) is 2.76. The third-order valence-electron chi connectivity index (χ3n) is 3.12. The van der Waals surface area contributed by atoms with Gasteiger partial charge in [-0.15, -0.1) is 0 Å². The van der Waals surface area contributed by atoms with Crippen LogP contribution in [0.1, 0.15) is 16.8 Å². The van der Waals surface area contributed by atoms with Crippen molar-refractivity contribution < 1.29 is 9.90 Å². The molecule has 0 spiro atoms. The fraction of sp³-hybridized carbons (Fsp3) is 0.133. The van der Waals surface area contributed by atoms with Gasteiger partial charge in [0.2, 0.25) is 0 Å². The number of hydrogen-bond donors (Lipinski definition) is 1. The molecular formula is C15H10Cl3N3O2. The smallest absolute Gasteiger partial charge is 0.346 e. The van der Waals surface area contributed by atoms with Gasteiger partial charge in [-0.25, -0.2) is 9.48 Å². The molecule has 2 aromatic rings. The summed E-state index contributed by atoms with van der Waals surface area (Å²) in [5.74, 6) is -1.33. The average Bonchev–Trinajstić information content (AvgIpc) is 2.75. The van der Waals surface area contributed by atoms with Crippen LogP contribution >= 0.6 is 34.8 Å². The number of hydrogen-bond acceptors (Lipinski definition) is 3. The highest BCUT2D eigenvalue weighted by Crippen LogP contribution is 2.28. The first-order valence-corrected chi connectivity index (χ1v) is 7.49. The molecule has 2 rings (SSSR count). The number of rotatable bonds is 4. The van der Waals surface area contributed by atoms with Gasteiger partial charge in [0, 0.05) is 21.2 Å². The third kappa shape index (κ3) is 3.67. The number of nitriles is 1. The van der Waals surface area contributed by atoms with Gasteiger partial charge >= 0.3 is 5.97 Å². The Morgan fingerprint density at radius 1 is 1.39 bits per heavy atom. The fourth-order valence-electron chi connectivity index (χ4n) is 1.96. The molecule has 0 saturated carbocycles. The summed E-state index contributed by atoms with van der Waals surface area (Å²) >= 11 is 18.5. The summed E-state index contributed by atoms with van der Waals surface area (Å²) in [6.07, 6.45) is 1.19. The van der Waals surface area contributed by atoms with Crippen LogP contribution in [0.3, 0.4) is 0 Å². The lowest BCUT2D eigenvalue weighted by Crippen LogP contribution is -2.03. The zero-order chi connectivity index (χ0) is 17.1. The number of halogens is 3. The first-order chi connectivity index (χ1) is 10.8. The molecule has 1 aromatic carbocycles. The Labute approximate surface area is 147 Å². The van der Waals surface area contributed by atoms with Gasteiger partial charge in [0.05, 0.1) is 12.2 Å². The molecular weight excluding hydrogens is 361 g/mol. The molecule has 0 amide bonds. The van der Waals surface area contributed by atoms with Crippen LogP contribution in [0.4, 0.5) is 0 Å². The molecule has 5 nitrogen and oxygen atoms in total. The van der Waals surface area contributed by atoms with Crippen molar-refractivity contribution in [3.8, 4) is 6.07 Å². The largest absolute Gasteiger partial charge is 0.477 e. The summed E-state index contributed by atoms with van der Waals surface area (Å²) in [7, 11) is 0. The normalized spacial score (nSPS) is 11.3. The number of aromatic nitrogens is 2. The maximum atomic E-state index is 10.9. The zero-order valence-electron chi connectivity index (χ0n) is 11.8. The van der Waals surface area contributed by atoms with Gasteiger partial charge in [-0.2, -0.15) is 10.4 Å². The van der Waals surface area contributed by atoms with Gasteiger partial charge in [-0.05, 0) is 25.1 Å². The van der Waals surface area contributed by atoms with Crippen LogP contribution < -0.4 is 0 Å². The molecule has 0 aliphatic heterocycles. The maximum absolute atomic E-state index is 10.9. The van der Waals surface area contributed by atoms with Crippen molar-refractivity contribution >= 4 is 46.8 Å². The highest BCUT2D eigenvalue weighted by Gasteiger charge is 2.16.